The van der Waals surface area contributed by atoms with Crippen molar-refractivity contribution in [1.29, 1.82) is 0 Å². The van der Waals surface area contributed by atoms with Crippen LogP contribution in [0.2, 0.25) is 0 Å². The molecule has 0 fully saturated rings. The number of fused-ring (bicyclic) bond motifs is 1. The average molecular weight is 263 g/mol. The van der Waals surface area contributed by atoms with E-state index in [-0.39, 0.29) is 5.91 Å². The fraction of sp³-hybridized carbons (Fsp3) is 0.385. The molecule has 0 atom stereocenters. The molecule has 0 spiro atoms. The zero-order valence-corrected chi connectivity index (χ0v) is 11.6. The number of nitrogens with zero attached hydrogens (tertiary/aromatic N) is 1. The van der Waals surface area contributed by atoms with E-state index >= 15 is 0 Å². The summed E-state index contributed by atoms with van der Waals surface area (Å²) in [6.07, 6.45) is 0. The van der Waals surface area contributed by atoms with Gasteiger partial charge in [0.2, 0.25) is 5.91 Å². The van der Waals surface area contributed by atoms with Crippen molar-refractivity contribution in [1.82, 2.24) is 10.3 Å². The van der Waals surface area contributed by atoms with Gasteiger partial charge in [0.1, 0.15) is 0 Å². The molecule has 0 unspecified atom stereocenters. The van der Waals surface area contributed by atoms with Gasteiger partial charge in [-0.1, -0.05) is 13.8 Å². The Morgan fingerprint density at radius 2 is 2.22 bits per heavy atom. The Bertz CT molecular complexity index is 562. The quantitative estimate of drug-likeness (QED) is 0.891. The van der Waals surface area contributed by atoms with Crippen molar-refractivity contribution in [2.45, 2.75) is 19.8 Å². The molecule has 0 bridgehead atoms. The molecule has 0 radical (unpaired) electrons. The van der Waals surface area contributed by atoms with Crippen LogP contribution in [0.3, 0.4) is 0 Å². The van der Waals surface area contributed by atoms with Gasteiger partial charge in [-0.3, -0.25) is 4.79 Å². The zero-order valence-electron chi connectivity index (χ0n) is 10.8. The molecular formula is C13H17N3OS. The van der Waals surface area contributed by atoms with Crippen LogP contribution in [0.1, 0.15) is 24.8 Å². The summed E-state index contributed by atoms with van der Waals surface area (Å²) in [5, 5.41) is 6.80. The number of thiazole rings is 1. The molecule has 2 aromatic rings. The number of anilines is 1. The molecule has 2 rings (SSSR count). The summed E-state index contributed by atoms with van der Waals surface area (Å²) in [6.45, 7) is 4.58. The first-order chi connectivity index (χ1) is 8.60. The minimum atomic E-state index is -0.0366. The van der Waals surface area contributed by atoms with E-state index in [2.05, 4.69) is 29.5 Å². The number of carbonyl (C=O) groups excluding carboxylic acids is 1. The van der Waals surface area contributed by atoms with E-state index in [0.29, 0.717) is 12.5 Å². The lowest BCUT2D eigenvalue weighted by Gasteiger charge is -2.03. The molecule has 0 saturated heterocycles. The van der Waals surface area contributed by atoms with Gasteiger partial charge in [0.25, 0.3) is 0 Å². The van der Waals surface area contributed by atoms with E-state index in [1.165, 1.54) is 0 Å². The fourth-order valence-corrected chi connectivity index (χ4v) is 2.64. The van der Waals surface area contributed by atoms with Crippen LogP contribution in [-0.4, -0.2) is 24.5 Å². The highest BCUT2D eigenvalue weighted by Crippen LogP contribution is 2.29. The first kappa shape index (κ1) is 13.0. The number of aromatic nitrogens is 1. The minimum Gasteiger partial charge on any atom is -0.325 e. The van der Waals surface area contributed by atoms with Crippen LogP contribution in [-0.2, 0) is 4.79 Å². The first-order valence-electron chi connectivity index (χ1n) is 5.95. The van der Waals surface area contributed by atoms with Crippen molar-refractivity contribution in [3.8, 4) is 0 Å². The second kappa shape index (κ2) is 5.46. The fourth-order valence-electron chi connectivity index (χ4n) is 1.63. The van der Waals surface area contributed by atoms with E-state index < -0.39 is 0 Å². The third-order valence-electron chi connectivity index (χ3n) is 2.52. The summed E-state index contributed by atoms with van der Waals surface area (Å²) in [5.74, 6) is 0.398. The average Bonchev–Trinajstić information content (AvgIpc) is 2.72. The third-order valence-corrected chi connectivity index (χ3v) is 3.84. The lowest BCUT2D eigenvalue weighted by atomic mass is 10.2. The van der Waals surface area contributed by atoms with Crippen LogP contribution in [0.4, 0.5) is 5.69 Å². The molecule has 1 heterocycles. The Morgan fingerprint density at radius 3 is 2.89 bits per heavy atom. The summed E-state index contributed by atoms with van der Waals surface area (Å²) < 4.78 is 1.11. The summed E-state index contributed by atoms with van der Waals surface area (Å²) >= 11 is 1.68. The second-order valence-electron chi connectivity index (χ2n) is 4.47. The predicted molar refractivity (Wildman–Crippen MR) is 76.3 cm³/mol. The Morgan fingerprint density at radius 1 is 1.44 bits per heavy atom. The molecule has 2 N–H and O–H groups in total. The topological polar surface area (TPSA) is 54.0 Å². The molecule has 0 aliphatic heterocycles. The lowest BCUT2D eigenvalue weighted by molar-refractivity contribution is -0.115. The van der Waals surface area contributed by atoms with Gasteiger partial charge in [0.15, 0.2) is 0 Å². The Hall–Kier alpha value is -1.46. The number of hydrogen-bond acceptors (Lipinski definition) is 4. The number of carbonyl (C=O) groups is 1. The highest BCUT2D eigenvalue weighted by Gasteiger charge is 2.08. The van der Waals surface area contributed by atoms with Crippen LogP contribution in [0, 0.1) is 0 Å². The molecule has 0 aliphatic carbocycles. The van der Waals surface area contributed by atoms with Gasteiger partial charge in [-0.25, -0.2) is 4.98 Å². The van der Waals surface area contributed by atoms with E-state index in [9.17, 15) is 4.79 Å². The van der Waals surface area contributed by atoms with Crippen molar-refractivity contribution in [2.24, 2.45) is 0 Å². The number of rotatable bonds is 4. The van der Waals surface area contributed by atoms with Crippen LogP contribution in [0.5, 0.6) is 0 Å². The summed E-state index contributed by atoms with van der Waals surface area (Å²) in [7, 11) is 1.75. The van der Waals surface area contributed by atoms with E-state index in [1.807, 2.05) is 18.2 Å². The molecule has 1 aromatic carbocycles. The predicted octanol–water partition coefficient (Wildman–Crippen LogP) is 2.58. The Labute approximate surface area is 110 Å². The van der Waals surface area contributed by atoms with Crippen molar-refractivity contribution in [3.63, 3.8) is 0 Å². The summed E-state index contributed by atoms with van der Waals surface area (Å²) in [6, 6.07) is 5.82. The molecular weight excluding hydrogens is 246 g/mol. The van der Waals surface area contributed by atoms with Crippen molar-refractivity contribution in [2.75, 3.05) is 18.9 Å². The molecule has 0 saturated carbocycles. The van der Waals surface area contributed by atoms with E-state index in [0.717, 1.165) is 20.9 Å². The first-order valence-corrected chi connectivity index (χ1v) is 6.76. The lowest BCUT2D eigenvalue weighted by Crippen LogP contribution is -2.24. The van der Waals surface area contributed by atoms with Gasteiger partial charge in [-0.05, 0) is 25.2 Å². The third kappa shape index (κ3) is 2.86. The Balaban J connectivity index is 2.24. The highest BCUT2D eigenvalue weighted by atomic mass is 32.1. The van der Waals surface area contributed by atoms with Crippen molar-refractivity contribution >= 4 is 33.1 Å². The smallest absolute Gasteiger partial charge is 0.238 e. The van der Waals surface area contributed by atoms with Crippen LogP contribution in [0.25, 0.3) is 10.2 Å². The largest absolute Gasteiger partial charge is 0.325 e. The van der Waals surface area contributed by atoms with E-state index in [1.54, 1.807) is 18.4 Å². The number of nitrogens with one attached hydrogen (secondary N) is 2. The molecule has 18 heavy (non-hydrogen) atoms. The molecule has 0 aliphatic rings. The summed E-state index contributed by atoms with van der Waals surface area (Å²) in [4.78, 5) is 16.0. The Kier molecular flexibility index (Phi) is 3.93. The van der Waals surface area contributed by atoms with Gasteiger partial charge < -0.3 is 10.6 Å². The monoisotopic (exact) mass is 263 g/mol. The van der Waals surface area contributed by atoms with Gasteiger partial charge in [0, 0.05) is 11.6 Å². The summed E-state index contributed by atoms with van der Waals surface area (Å²) in [5.41, 5.74) is 1.82. The van der Waals surface area contributed by atoms with Crippen molar-refractivity contribution in [3.05, 3.63) is 23.2 Å². The normalized spacial score (nSPS) is 11.1. The van der Waals surface area contributed by atoms with Gasteiger partial charge in [-0.15, -0.1) is 11.3 Å². The number of amides is 1. The maximum Gasteiger partial charge on any atom is 0.238 e. The maximum absolute atomic E-state index is 11.5. The van der Waals surface area contributed by atoms with Crippen LogP contribution >= 0.6 is 11.3 Å². The van der Waals surface area contributed by atoms with Crippen LogP contribution in [0.15, 0.2) is 18.2 Å². The number of likely N-dealkylation sites (N-methyl/N-ethyl adjacent to an activating group) is 1. The van der Waals surface area contributed by atoms with Gasteiger partial charge >= 0.3 is 0 Å². The molecule has 96 valence electrons. The van der Waals surface area contributed by atoms with E-state index in [4.69, 9.17) is 0 Å². The molecule has 1 amide bonds. The second-order valence-corrected chi connectivity index (χ2v) is 5.53. The maximum atomic E-state index is 11.5. The molecule has 5 heteroatoms. The SMILES string of the molecule is CNCC(=O)Nc1ccc2nc(C(C)C)sc2c1. The van der Waals surface area contributed by atoms with Gasteiger partial charge in [0.05, 0.1) is 21.8 Å². The van der Waals surface area contributed by atoms with Crippen LogP contribution < -0.4 is 10.6 Å². The van der Waals surface area contributed by atoms with Crippen molar-refractivity contribution < 1.29 is 4.79 Å². The zero-order chi connectivity index (χ0) is 13.1. The molecule has 1 aromatic heterocycles. The molecule has 4 nitrogen and oxygen atoms in total. The van der Waals surface area contributed by atoms with Gasteiger partial charge in [-0.2, -0.15) is 0 Å². The standard InChI is InChI=1S/C13H17N3OS/c1-8(2)13-16-10-5-4-9(6-11(10)18-13)15-12(17)7-14-3/h4-6,8,14H,7H2,1-3H3,(H,15,17). The number of benzene rings is 1. The highest BCUT2D eigenvalue weighted by molar-refractivity contribution is 7.18. The minimum absolute atomic E-state index is 0.0366. The number of hydrogen-bond donors (Lipinski definition) is 2.